The molecule has 2 fully saturated rings. The Balaban J connectivity index is 1.27. The quantitative estimate of drug-likeness (QED) is 0.698. The third-order valence-corrected chi connectivity index (χ3v) is 7.01. The zero-order chi connectivity index (χ0) is 24.0. The fourth-order valence-corrected chi connectivity index (χ4v) is 5.02. The first-order valence-corrected chi connectivity index (χ1v) is 11.5. The van der Waals surface area contributed by atoms with Crippen LogP contribution in [0.5, 0.6) is 0 Å². The molecule has 3 aliphatic rings. The summed E-state index contributed by atoms with van der Waals surface area (Å²) in [6.07, 6.45) is 0.446. The minimum Gasteiger partial charge on any atom is -0.367 e. The molecule has 178 valence electrons. The highest BCUT2D eigenvalue weighted by atomic mass is 19.1. The fourth-order valence-electron chi connectivity index (χ4n) is 5.02. The van der Waals surface area contributed by atoms with Gasteiger partial charge >= 0.3 is 0 Å². The van der Waals surface area contributed by atoms with Gasteiger partial charge in [-0.05, 0) is 54.3 Å². The van der Waals surface area contributed by atoms with E-state index in [2.05, 4.69) is 10.2 Å². The first-order chi connectivity index (χ1) is 16.3. The summed E-state index contributed by atoms with van der Waals surface area (Å²) in [5.74, 6) is -1.93. The molecule has 0 aliphatic carbocycles. The second-order valence-electron chi connectivity index (χ2n) is 9.19. The monoisotopic (exact) mass is 468 g/mol. The summed E-state index contributed by atoms with van der Waals surface area (Å²) in [6.45, 7) is 5.43. The molecule has 2 aromatic rings. The smallest absolute Gasteiger partial charge is 0.255 e. The van der Waals surface area contributed by atoms with Crippen molar-refractivity contribution in [3.05, 3.63) is 64.2 Å². The molecule has 3 heterocycles. The number of imide groups is 1. The molecule has 0 bridgehead atoms. The summed E-state index contributed by atoms with van der Waals surface area (Å²) in [6, 6.07) is 7.05. The fraction of sp³-hybridized carbons (Fsp3) is 0.400. The molecular weight excluding hydrogens is 442 g/mol. The Kier molecular flexibility index (Phi) is 5.81. The van der Waals surface area contributed by atoms with E-state index in [-0.39, 0.29) is 42.6 Å². The number of rotatable bonds is 4. The van der Waals surface area contributed by atoms with E-state index in [1.165, 1.54) is 17.0 Å². The molecule has 1 N–H and O–H groups in total. The van der Waals surface area contributed by atoms with Gasteiger partial charge in [0.1, 0.15) is 17.7 Å². The zero-order valence-corrected chi connectivity index (χ0v) is 18.9. The van der Waals surface area contributed by atoms with Gasteiger partial charge in [-0.25, -0.2) is 8.78 Å². The number of carbonyl (C=O) groups excluding carboxylic acids is 3. The van der Waals surface area contributed by atoms with Crippen molar-refractivity contribution in [3.63, 3.8) is 0 Å². The van der Waals surface area contributed by atoms with E-state index in [0.29, 0.717) is 44.0 Å². The lowest BCUT2D eigenvalue weighted by Gasteiger charge is -2.36. The van der Waals surface area contributed by atoms with Crippen LogP contribution in [0, 0.1) is 18.6 Å². The van der Waals surface area contributed by atoms with E-state index >= 15 is 4.39 Å². The third-order valence-electron chi connectivity index (χ3n) is 7.01. The van der Waals surface area contributed by atoms with Crippen LogP contribution >= 0.6 is 0 Å². The van der Waals surface area contributed by atoms with E-state index in [4.69, 9.17) is 0 Å². The van der Waals surface area contributed by atoms with Crippen molar-refractivity contribution in [3.8, 4) is 0 Å². The standard InChI is InChI=1S/C25H26F2N4O3/c1-15-2-3-18(26)10-16(15)13-29-6-8-30(9-7-29)22-11-17-14-31(25(34)19(17)12-20(22)27)21-4-5-23(32)28-24(21)33/h2-3,10-12,21H,4-9,13-14H2,1H3,(H,28,32,33). The van der Waals surface area contributed by atoms with Gasteiger partial charge in [-0.15, -0.1) is 0 Å². The van der Waals surface area contributed by atoms with Crippen LogP contribution in [-0.2, 0) is 22.7 Å². The molecule has 2 saturated heterocycles. The van der Waals surface area contributed by atoms with Crippen molar-refractivity contribution in [2.45, 2.75) is 38.9 Å². The molecule has 5 rings (SSSR count). The van der Waals surface area contributed by atoms with Crippen molar-refractivity contribution in [1.29, 1.82) is 0 Å². The first kappa shape index (κ1) is 22.5. The number of hydrogen-bond donors (Lipinski definition) is 1. The number of piperazine rings is 1. The van der Waals surface area contributed by atoms with Gasteiger partial charge in [0.05, 0.1) is 5.69 Å². The predicted octanol–water partition coefficient (Wildman–Crippen LogP) is 2.36. The Hall–Kier alpha value is -3.33. The Morgan fingerprint density at radius 3 is 2.53 bits per heavy atom. The molecule has 7 nitrogen and oxygen atoms in total. The Morgan fingerprint density at radius 2 is 1.79 bits per heavy atom. The second kappa shape index (κ2) is 8.79. The van der Waals surface area contributed by atoms with Crippen molar-refractivity contribution < 1.29 is 23.2 Å². The number of benzene rings is 2. The number of piperidine rings is 1. The summed E-state index contributed by atoms with van der Waals surface area (Å²) < 4.78 is 28.7. The number of nitrogens with one attached hydrogen (secondary N) is 1. The SMILES string of the molecule is Cc1ccc(F)cc1CN1CCN(c2cc3c(cc2F)C(=O)N(C2CCC(=O)NC2=O)C3)CC1. The van der Waals surface area contributed by atoms with E-state index < -0.39 is 17.8 Å². The number of aryl methyl sites for hydroxylation is 1. The van der Waals surface area contributed by atoms with Crippen LogP contribution in [0.2, 0.25) is 0 Å². The van der Waals surface area contributed by atoms with E-state index in [1.807, 2.05) is 11.8 Å². The lowest BCUT2D eigenvalue weighted by atomic mass is 10.0. The maximum atomic E-state index is 15.0. The van der Waals surface area contributed by atoms with Crippen LogP contribution in [0.3, 0.4) is 0 Å². The molecule has 3 aliphatic heterocycles. The topological polar surface area (TPSA) is 73.0 Å². The van der Waals surface area contributed by atoms with Gasteiger partial charge in [0.25, 0.3) is 5.91 Å². The van der Waals surface area contributed by atoms with Gasteiger partial charge < -0.3 is 9.80 Å². The number of amides is 3. The van der Waals surface area contributed by atoms with Gasteiger partial charge in [0.2, 0.25) is 11.8 Å². The highest BCUT2D eigenvalue weighted by Crippen LogP contribution is 2.33. The van der Waals surface area contributed by atoms with Crippen molar-refractivity contribution in [2.24, 2.45) is 0 Å². The summed E-state index contributed by atoms with van der Waals surface area (Å²) in [5.41, 5.74) is 3.39. The van der Waals surface area contributed by atoms with Gasteiger partial charge in [0.15, 0.2) is 0 Å². The number of hydrogen-bond acceptors (Lipinski definition) is 5. The number of carbonyl (C=O) groups is 3. The van der Waals surface area contributed by atoms with Crippen LogP contribution < -0.4 is 10.2 Å². The van der Waals surface area contributed by atoms with E-state index in [0.717, 1.165) is 11.1 Å². The minimum atomic E-state index is -0.723. The van der Waals surface area contributed by atoms with Crippen molar-refractivity contribution >= 4 is 23.4 Å². The minimum absolute atomic E-state index is 0.176. The average molecular weight is 469 g/mol. The highest BCUT2D eigenvalue weighted by molar-refractivity contribution is 6.05. The Labute approximate surface area is 196 Å². The molecule has 0 radical (unpaired) electrons. The number of anilines is 1. The van der Waals surface area contributed by atoms with Gasteiger partial charge in [-0.2, -0.15) is 0 Å². The van der Waals surface area contributed by atoms with Crippen molar-refractivity contribution in [1.82, 2.24) is 15.1 Å². The first-order valence-electron chi connectivity index (χ1n) is 11.5. The number of fused-ring (bicyclic) bond motifs is 1. The maximum absolute atomic E-state index is 15.0. The van der Waals surface area contributed by atoms with E-state index in [9.17, 15) is 18.8 Å². The van der Waals surface area contributed by atoms with Crippen molar-refractivity contribution in [2.75, 3.05) is 31.1 Å². The van der Waals surface area contributed by atoms with Crippen LogP contribution in [0.4, 0.5) is 14.5 Å². The second-order valence-corrected chi connectivity index (χ2v) is 9.19. The highest BCUT2D eigenvalue weighted by Gasteiger charge is 2.40. The molecule has 0 saturated carbocycles. The lowest BCUT2D eigenvalue weighted by molar-refractivity contribution is -0.136. The Bertz CT molecular complexity index is 1180. The normalized spacial score (nSPS) is 21.1. The molecular formula is C25H26F2N4O3. The molecule has 1 unspecified atom stereocenters. The Morgan fingerprint density at radius 1 is 1.03 bits per heavy atom. The number of nitrogens with zero attached hydrogens (tertiary/aromatic N) is 3. The molecule has 1 atom stereocenters. The maximum Gasteiger partial charge on any atom is 0.255 e. The molecule has 9 heteroatoms. The zero-order valence-electron chi connectivity index (χ0n) is 18.9. The number of halogens is 2. The summed E-state index contributed by atoms with van der Waals surface area (Å²) in [7, 11) is 0. The van der Waals surface area contributed by atoms with Gasteiger partial charge in [-0.1, -0.05) is 6.07 Å². The van der Waals surface area contributed by atoms with Crippen LogP contribution in [-0.4, -0.2) is 59.7 Å². The predicted molar refractivity (Wildman–Crippen MR) is 121 cm³/mol. The average Bonchev–Trinajstić information content (AvgIpc) is 3.11. The molecule has 3 amide bonds. The molecule has 0 spiro atoms. The summed E-state index contributed by atoms with van der Waals surface area (Å²) in [5, 5.41) is 2.28. The van der Waals surface area contributed by atoms with Crippen LogP contribution in [0.1, 0.15) is 39.9 Å². The van der Waals surface area contributed by atoms with Crippen LogP contribution in [0.25, 0.3) is 0 Å². The largest absolute Gasteiger partial charge is 0.367 e. The third kappa shape index (κ3) is 4.16. The van der Waals surface area contributed by atoms with E-state index in [1.54, 1.807) is 18.2 Å². The molecule has 2 aromatic carbocycles. The summed E-state index contributed by atoms with van der Waals surface area (Å²) in [4.78, 5) is 42.2. The molecule has 0 aromatic heterocycles. The summed E-state index contributed by atoms with van der Waals surface area (Å²) >= 11 is 0. The molecule has 34 heavy (non-hydrogen) atoms. The van der Waals surface area contributed by atoms with Gasteiger partial charge in [0, 0.05) is 51.3 Å². The lowest BCUT2D eigenvalue weighted by Crippen LogP contribution is -2.52. The van der Waals surface area contributed by atoms with Gasteiger partial charge in [-0.3, -0.25) is 24.6 Å². The van der Waals surface area contributed by atoms with Crippen LogP contribution in [0.15, 0.2) is 30.3 Å².